The Kier molecular flexibility index (Phi) is 2.47. The number of rotatable bonds is 2. The van der Waals surface area contributed by atoms with Gasteiger partial charge in [0.1, 0.15) is 5.60 Å². The van der Waals surface area contributed by atoms with Crippen molar-refractivity contribution in [1.29, 1.82) is 0 Å². The van der Waals surface area contributed by atoms with Gasteiger partial charge in [0.2, 0.25) is 0 Å². The van der Waals surface area contributed by atoms with Gasteiger partial charge in [-0.3, -0.25) is 4.79 Å². The van der Waals surface area contributed by atoms with E-state index < -0.39 is 5.60 Å². The first-order valence-electron chi connectivity index (χ1n) is 3.35. The molecule has 0 bridgehead atoms. The minimum atomic E-state index is -1.35. The lowest BCUT2D eigenvalue weighted by Crippen LogP contribution is -2.37. The number of ketones is 1. The van der Waals surface area contributed by atoms with Gasteiger partial charge in [-0.25, -0.2) is 0 Å². The zero-order chi connectivity index (χ0) is 8.32. The molecule has 0 aromatic carbocycles. The molecule has 0 spiro atoms. The van der Waals surface area contributed by atoms with Crippen molar-refractivity contribution >= 4 is 17.4 Å². The summed E-state index contributed by atoms with van der Waals surface area (Å²) >= 11 is 5.31. The molecule has 1 aliphatic carbocycles. The molecule has 0 aliphatic heterocycles. The Morgan fingerprint density at radius 2 is 2.36 bits per heavy atom. The molecular weight excluding hydrogens is 164 g/mol. The molecule has 1 N–H and O–H groups in total. The lowest BCUT2D eigenvalue weighted by molar-refractivity contribution is -0.130. The van der Waals surface area contributed by atoms with Crippen molar-refractivity contribution < 1.29 is 9.90 Å². The Hall–Kier alpha value is -0.600. The SMILES string of the molecule is O=C(CCl)[C@]1(O)C=CC=CC1. The number of carbonyl (C=O) groups excluding carboxylic acids is 1. The Morgan fingerprint density at radius 1 is 1.64 bits per heavy atom. The van der Waals surface area contributed by atoms with E-state index in [0.29, 0.717) is 6.42 Å². The summed E-state index contributed by atoms with van der Waals surface area (Å²) in [5.41, 5.74) is -1.35. The third kappa shape index (κ3) is 1.70. The number of allylic oxidation sites excluding steroid dienone is 2. The van der Waals surface area contributed by atoms with Crippen molar-refractivity contribution in [2.24, 2.45) is 0 Å². The van der Waals surface area contributed by atoms with Crippen molar-refractivity contribution in [2.75, 3.05) is 5.88 Å². The van der Waals surface area contributed by atoms with Gasteiger partial charge in [0, 0.05) is 6.42 Å². The van der Waals surface area contributed by atoms with E-state index in [0.717, 1.165) is 0 Å². The molecule has 3 heteroatoms. The summed E-state index contributed by atoms with van der Waals surface area (Å²) in [4.78, 5) is 11.0. The average molecular weight is 173 g/mol. The van der Waals surface area contributed by atoms with Crippen LogP contribution in [0.15, 0.2) is 24.3 Å². The molecule has 0 saturated carbocycles. The molecule has 1 aliphatic rings. The van der Waals surface area contributed by atoms with Crippen molar-refractivity contribution in [3.63, 3.8) is 0 Å². The minimum absolute atomic E-state index is 0.144. The second-order valence-electron chi connectivity index (χ2n) is 2.47. The molecule has 0 amide bonds. The highest BCUT2D eigenvalue weighted by Crippen LogP contribution is 2.18. The summed E-state index contributed by atoms with van der Waals surface area (Å²) in [5.74, 6) is -0.492. The monoisotopic (exact) mass is 172 g/mol. The lowest BCUT2D eigenvalue weighted by atomic mass is 9.92. The van der Waals surface area contributed by atoms with Crippen molar-refractivity contribution in [2.45, 2.75) is 12.0 Å². The quantitative estimate of drug-likeness (QED) is 0.632. The maximum absolute atomic E-state index is 11.0. The fraction of sp³-hybridized carbons (Fsp3) is 0.375. The molecule has 1 atom stereocenters. The van der Waals surface area contributed by atoms with Crippen LogP contribution < -0.4 is 0 Å². The van der Waals surface area contributed by atoms with Crippen LogP contribution in [0, 0.1) is 0 Å². The highest BCUT2D eigenvalue weighted by Gasteiger charge is 2.31. The standard InChI is InChI=1S/C8H9ClO2/c9-6-7(10)8(11)4-2-1-3-5-8/h1-4,11H,5-6H2/t8-/m0/s1. The van der Waals surface area contributed by atoms with Gasteiger partial charge in [-0.05, 0) is 6.08 Å². The van der Waals surface area contributed by atoms with Gasteiger partial charge in [-0.2, -0.15) is 0 Å². The molecule has 0 aromatic heterocycles. The van der Waals surface area contributed by atoms with Gasteiger partial charge in [-0.15, -0.1) is 11.6 Å². The molecular formula is C8H9ClO2. The second kappa shape index (κ2) is 3.20. The Bertz CT molecular complexity index is 220. The molecule has 0 heterocycles. The van der Waals surface area contributed by atoms with E-state index in [1.165, 1.54) is 6.08 Å². The van der Waals surface area contributed by atoms with Gasteiger partial charge in [0.05, 0.1) is 5.88 Å². The van der Waals surface area contributed by atoms with Crippen molar-refractivity contribution in [1.82, 2.24) is 0 Å². The van der Waals surface area contributed by atoms with E-state index >= 15 is 0 Å². The summed E-state index contributed by atoms with van der Waals surface area (Å²) < 4.78 is 0. The molecule has 0 unspecified atom stereocenters. The number of alkyl halides is 1. The smallest absolute Gasteiger partial charge is 0.183 e. The highest BCUT2D eigenvalue weighted by atomic mass is 35.5. The fourth-order valence-corrected chi connectivity index (χ4v) is 1.16. The van der Waals surface area contributed by atoms with E-state index in [1.54, 1.807) is 18.2 Å². The first-order chi connectivity index (χ1) is 5.19. The van der Waals surface area contributed by atoms with Crippen LogP contribution in [0.2, 0.25) is 0 Å². The number of hydrogen-bond donors (Lipinski definition) is 1. The molecule has 0 radical (unpaired) electrons. The zero-order valence-corrected chi connectivity index (χ0v) is 6.71. The molecule has 11 heavy (non-hydrogen) atoms. The fourth-order valence-electron chi connectivity index (χ4n) is 0.932. The van der Waals surface area contributed by atoms with E-state index in [2.05, 4.69) is 0 Å². The number of halogens is 1. The van der Waals surface area contributed by atoms with Gasteiger partial charge in [-0.1, -0.05) is 18.2 Å². The Labute approximate surface area is 70.2 Å². The first-order valence-corrected chi connectivity index (χ1v) is 3.88. The van der Waals surface area contributed by atoms with Crippen molar-refractivity contribution in [3.8, 4) is 0 Å². The highest BCUT2D eigenvalue weighted by molar-refractivity contribution is 6.29. The molecule has 0 fully saturated rings. The molecule has 60 valence electrons. The van der Waals surface area contributed by atoms with Crippen LogP contribution in [-0.4, -0.2) is 22.4 Å². The number of hydrogen-bond acceptors (Lipinski definition) is 2. The predicted octanol–water partition coefficient (Wildman–Crippen LogP) is 1.04. The van der Waals surface area contributed by atoms with Crippen LogP contribution in [0.5, 0.6) is 0 Å². The van der Waals surface area contributed by atoms with Crippen LogP contribution in [0.1, 0.15) is 6.42 Å². The second-order valence-corrected chi connectivity index (χ2v) is 2.74. The summed E-state index contributed by atoms with van der Waals surface area (Å²) in [7, 11) is 0. The average Bonchev–Trinajstić information content (AvgIpc) is 2.04. The van der Waals surface area contributed by atoms with Crippen LogP contribution in [0.3, 0.4) is 0 Å². The third-order valence-corrected chi connectivity index (χ3v) is 1.90. The maximum atomic E-state index is 11.0. The van der Waals surface area contributed by atoms with Gasteiger partial charge in [0.25, 0.3) is 0 Å². The molecule has 2 nitrogen and oxygen atoms in total. The molecule has 0 saturated heterocycles. The van der Waals surface area contributed by atoms with Crippen molar-refractivity contribution in [3.05, 3.63) is 24.3 Å². The minimum Gasteiger partial charge on any atom is -0.378 e. The van der Waals surface area contributed by atoms with Crippen LogP contribution in [0.25, 0.3) is 0 Å². The summed E-state index contributed by atoms with van der Waals surface area (Å²) in [6.07, 6.45) is 6.97. The van der Waals surface area contributed by atoms with Crippen LogP contribution >= 0.6 is 11.6 Å². The lowest BCUT2D eigenvalue weighted by Gasteiger charge is -2.21. The third-order valence-electron chi connectivity index (χ3n) is 1.65. The van der Waals surface area contributed by atoms with E-state index in [-0.39, 0.29) is 11.7 Å². The van der Waals surface area contributed by atoms with E-state index in [4.69, 9.17) is 11.6 Å². The normalized spacial score (nSPS) is 28.9. The zero-order valence-electron chi connectivity index (χ0n) is 5.96. The first kappa shape index (κ1) is 8.50. The molecule has 0 aromatic rings. The topological polar surface area (TPSA) is 37.3 Å². The van der Waals surface area contributed by atoms with E-state index in [9.17, 15) is 9.90 Å². The maximum Gasteiger partial charge on any atom is 0.183 e. The largest absolute Gasteiger partial charge is 0.378 e. The molecule has 1 rings (SSSR count). The number of carbonyl (C=O) groups is 1. The summed E-state index contributed by atoms with van der Waals surface area (Å²) in [6, 6.07) is 0. The Balaban J connectivity index is 2.75. The summed E-state index contributed by atoms with van der Waals surface area (Å²) in [6.45, 7) is 0. The van der Waals surface area contributed by atoms with Gasteiger partial charge in [0.15, 0.2) is 5.78 Å². The van der Waals surface area contributed by atoms with Gasteiger partial charge >= 0.3 is 0 Å². The Morgan fingerprint density at radius 3 is 2.82 bits per heavy atom. The number of Topliss-reactive ketones (excluding diaryl/α,β-unsaturated/α-hetero) is 1. The number of aliphatic hydroxyl groups is 1. The summed E-state index contributed by atoms with van der Waals surface area (Å²) in [5, 5.41) is 9.57. The van der Waals surface area contributed by atoms with Gasteiger partial charge < -0.3 is 5.11 Å². The predicted molar refractivity (Wildman–Crippen MR) is 43.6 cm³/mol. The van der Waals surface area contributed by atoms with Crippen LogP contribution in [0.4, 0.5) is 0 Å². The van der Waals surface area contributed by atoms with Crippen LogP contribution in [-0.2, 0) is 4.79 Å². The van der Waals surface area contributed by atoms with E-state index in [1.807, 2.05) is 0 Å².